The number of hydrogen-bond acceptors (Lipinski definition) is 9. The van der Waals surface area contributed by atoms with Crippen molar-refractivity contribution < 1.29 is 18.7 Å². The predicted molar refractivity (Wildman–Crippen MR) is 134 cm³/mol. The predicted octanol–water partition coefficient (Wildman–Crippen LogP) is 3.79. The third-order valence-corrected chi connectivity index (χ3v) is 5.45. The first-order chi connectivity index (χ1) is 17.2. The number of nitrogens with zero attached hydrogens (tertiary/aromatic N) is 3. The van der Waals surface area contributed by atoms with Crippen molar-refractivity contribution in [2.75, 3.05) is 21.3 Å². The van der Waals surface area contributed by atoms with Gasteiger partial charge in [0.1, 0.15) is 34.4 Å². The molecule has 0 aliphatic heterocycles. The summed E-state index contributed by atoms with van der Waals surface area (Å²) >= 11 is 0. The van der Waals surface area contributed by atoms with E-state index in [-0.39, 0.29) is 0 Å². The Balaban J connectivity index is 2.06. The van der Waals surface area contributed by atoms with Gasteiger partial charge in [-0.3, -0.25) is 0 Å². The Kier molecular flexibility index (Phi) is 6.96. The van der Waals surface area contributed by atoms with Gasteiger partial charge in [0.25, 0.3) is 0 Å². The lowest BCUT2D eigenvalue weighted by Gasteiger charge is -2.15. The monoisotopic (exact) mass is 471 g/mol. The van der Waals surface area contributed by atoms with Crippen molar-refractivity contribution in [2.24, 2.45) is 21.9 Å². The van der Waals surface area contributed by atoms with Crippen LogP contribution in [0.5, 0.6) is 17.2 Å². The summed E-state index contributed by atoms with van der Waals surface area (Å²) < 4.78 is 22.6. The van der Waals surface area contributed by atoms with Gasteiger partial charge in [-0.2, -0.15) is 10.2 Å². The Bertz CT molecular complexity index is 1340. The fourth-order valence-electron chi connectivity index (χ4n) is 3.82. The summed E-state index contributed by atoms with van der Waals surface area (Å²) in [5.74, 6) is 13.5. The van der Waals surface area contributed by atoms with Crippen LogP contribution in [0.4, 0.5) is 0 Å². The summed E-state index contributed by atoms with van der Waals surface area (Å²) in [6.07, 6.45) is 0. The van der Waals surface area contributed by atoms with Crippen LogP contribution < -0.4 is 25.9 Å². The molecular formula is C26H25N5O4. The summed E-state index contributed by atoms with van der Waals surface area (Å²) in [7, 11) is 4.65. The Labute approximate surface area is 202 Å². The summed E-state index contributed by atoms with van der Waals surface area (Å²) in [4.78, 5) is 0. The quantitative estimate of drug-likeness (QED) is 0.227. The Morgan fingerprint density at radius 3 is 1.71 bits per heavy atom. The average Bonchev–Trinajstić information content (AvgIpc) is 3.33. The first kappa shape index (κ1) is 23.4. The van der Waals surface area contributed by atoms with E-state index in [1.807, 2.05) is 60.7 Å². The smallest absolute Gasteiger partial charge is 0.197 e. The molecule has 0 atom stereocenters. The van der Waals surface area contributed by atoms with Crippen LogP contribution in [0.1, 0.15) is 22.5 Å². The Hall–Kier alpha value is -4.79. The molecule has 9 nitrogen and oxygen atoms in total. The lowest BCUT2D eigenvalue weighted by atomic mass is 9.93. The van der Waals surface area contributed by atoms with Gasteiger partial charge in [0.15, 0.2) is 5.76 Å². The molecule has 9 heteroatoms. The molecule has 0 aliphatic carbocycles. The minimum atomic E-state index is 0.293. The van der Waals surface area contributed by atoms with Crippen molar-refractivity contribution >= 4 is 11.4 Å². The number of hydrogen-bond donors (Lipinski definition) is 2. The third-order valence-electron chi connectivity index (χ3n) is 5.45. The molecule has 178 valence electrons. The van der Waals surface area contributed by atoms with Gasteiger partial charge in [-0.25, -0.2) is 0 Å². The third kappa shape index (κ3) is 4.39. The molecule has 4 aromatic rings. The number of benzene rings is 3. The molecule has 4 rings (SSSR count). The molecular weight excluding hydrogens is 446 g/mol. The zero-order valence-electron chi connectivity index (χ0n) is 19.6. The fourth-order valence-corrected chi connectivity index (χ4v) is 3.82. The summed E-state index contributed by atoms with van der Waals surface area (Å²) in [5.41, 5.74) is 3.68. The van der Waals surface area contributed by atoms with Crippen LogP contribution >= 0.6 is 0 Å². The van der Waals surface area contributed by atoms with Gasteiger partial charge in [-0.15, -0.1) is 0 Å². The molecule has 0 saturated carbocycles. The van der Waals surface area contributed by atoms with E-state index in [1.165, 1.54) is 0 Å². The van der Waals surface area contributed by atoms with Gasteiger partial charge in [-0.05, 0) is 0 Å². The van der Waals surface area contributed by atoms with Crippen molar-refractivity contribution in [3.8, 4) is 28.5 Å². The van der Waals surface area contributed by atoms with Crippen LogP contribution in [0.25, 0.3) is 11.3 Å². The summed E-state index contributed by atoms with van der Waals surface area (Å²) in [6, 6.07) is 22.3. The fraction of sp³-hybridized carbons (Fsp3) is 0.115. The maximum Gasteiger partial charge on any atom is 0.197 e. The van der Waals surface area contributed by atoms with Gasteiger partial charge < -0.3 is 30.4 Å². The molecule has 3 aromatic carbocycles. The highest BCUT2D eigenvalue weighted by Crippen LogP contribution is 2.44. The SMILES string of the molecule is COc1cc(OC)c(-c2noc(/C(=N\N)c3ccccc3)c2/C(=N\N)c2ccccc2)c(OC)c1. The van der Waals surface area contributed by atoms with E-state index < -0.39 is 0 Å². The molecule has 0 saturated heterocycles. The van der Waals surface area contributed by atoms with Crippen LogP contribution in [0.15, 0.2) is 87.5 Å². The Morgan fingerprint density at radius 2 is 1.26 bits per heavy atom. The second-order valence-electron chi connectivity index (χ2n) is 7.33. The second-order valence-corrected chi connectivity index (χ2v) is 7.33. The van der Waals surface area contributed by atoms with Gasteiger partial charge in [-0.1, -0.05) is 65.8 Å². The second kappa shape index (κ2) is 10.4. The highest BCUT2D eigenvalue weighted by Gasteiger charge is 2.31. The highest BCUT2D eigenvalue weighted by atomic mass is 16.5. The molecule has 0 fully saturated rings. The summed E-state index contributed by atoms with van der Waals surface area (Å²) in [6.45, 7) is 0. The number of ether oxygens (including phenoxy) is 3. The van der Waals surface area contributed by atoms with Crippen LogP contribution in [-0.2, 0) is 0 Å². The Morgan fingerprint density at radius 1 is 0.743 bits per heavy atom. The summed E-state index contributed by atoms with van der Waals surface area (Å²) in [5, 5.41) is 12.5. The van der Waals surface area contributed by atoms with Crippen LogP contribution in [0, 0.1) is 0 Å². The normalized spacial score (nSPS) is 11.9. The molecule has 1 heterocycles. The van der Waals surface area contributed by atoms with E-state index in [0.29, 0.717) is 51.3 Å². The zero-order chi connectivity index (χ0) is 24.8. The van der Waals surface area contributed by atoms with Gasteiger partial charge in [0.2, 0.25) is 0 Å². The van der Waals surface area contributed by atoms with E-state index in [1.54, 1.807) is 33.5 Å². The first-order valence-corrected chi connectivity index (χ1v) is 10.6. The van der Waals surface area contributed by atoms with Crippen molar-refractivity contribution in [3.63, 3.8) is 0 Å². The lowest BCUT2D eigenvalue weighted by molar-refractivity contribution is 0.375. The molecule has 35 heavy (non-hydrogen) atoms. The number of methoxy groups -OCH3 is 3. The number of hydrazone groups is 2. The zero-order valence-corrected chi connectivity index (χ0v) is 19.6. The van der Waals surface area contributed by atoms with E-state index >= 15 is 0 Å². The molecule has 0 amide bonds. The molecule has 1 aromatic heterocycles. The minimum Gasteiger partial charge on any atom is -0.496 e. The van der Waals surface area contributed by atoms with Gasteiger partial charge >= 0.3 is 0 Å². The molecule has 0 spiro atoms. The van der Waals surface area contributed by atoms with E-state index in [9.17, 15) is 0 Å². The van der Waals surface area contributed by atoms with Crippen LogP contribution in [0.2, 0.25) is 0 Å². The number of nitrogens with two attached hydrogens (primary N) is 2. The van der Waals surface area contributed by atoms with Crippen molar-refractivity contribution in [1.29, 1.82) is 0 Å². The van der Waals surface area contributed by atoms with Gasteiger partial charge in [0.05, 0.1) is 32.5 Å². The highest BCUT2D eigenvalue weighted by molar-refractivity contribution is 6.24. The maximum absolute atomic E-state index is 5.94. The van der Waals surface area contributed by atoms with Crippen molar-refractivity contribution in [1.82, 2.24) is 5.16 Å². The van der Waals surface area contributed by atoms with Crippen LogP contribution in [-0.4, -0.2) is 37.9 Å². The largest absolute Gasteiger partial charge is 0.496 e. The minimum absolute atomic E-state index is 0.293. The van der Waals surface area contributed by atoms with Gasteiger partial charge in [0, 0.05) is 23.3 Å². The lowest BCUT2D eigenvalue weighted by Crippen LogP contribution is -2.14. The molecule has 4 N–H and O–H groups in total. The average molecular weight is 472 g/mol. The van der Waals surface area contributed by atoms with E-state index in [4.69, 9.17) is 30.4 Å². The van der Waals surface area contributed by atoms with Crippen LogP contribution in [0.3, 0.4) is 0 Å². The number of aromatic nitrogens is 1. The topological polar surface area (TPSA) is 130 Å². The molecule has 0 aliphatic rings. The van der Waals surface area contributed by atoms with E-state index in [0.717, 1.165) is 11.1 Å². The maximum atomic E-state index is 5.94. The van der Waals surface area contributed by atoms with Crippen molar-refractivity contribution in [2.45, 2.75) is 0 Å². The van der Waals surface area contributed by atoms with Crippen molar-refractivity contribution in [3.05, 3.63) is 95.2 Å². The standard InChI is InChI=1S/C26H25N5O4/c1-32-18-14-19(33-2)21(20(15-18)34-3)25-22(23(29-27)16-10-6-4-7-11-16)26(35-31-25)24(30-28)17-12-8-5-9-13-17/h4-15H,27-28H2,1-3H3/b29-23-,30-24-. The first-order valence-electron chi connectivity index (χ1n) is 10.6. The molecule has 0 unspecified atom stereocenters. The van der Waals surface area contributed by atoms with E-state index in [2.05, 4.69) is 15.4 Å². The molecule has 0 radical (unpaired) electrons. The number of rotatable bonds is 8. The molecule has 0 bridgehead atoms.